The van der Waals surface area contributed by atoms with Gasteiger partial charge in [0.2, 0.25) is 0 Å². The van der Waals surface area contributed by atoms with E-state index in [0.29, 0.717) is 6.61 Å². The molecule has 4 nitrogen and oxygen atoms in total. The van der Waals surface area contributed by atoms with E-state index in [1.165, 1.54) is 0 Å². The smallest absolute Gasteiger partial charge is 0.137 e. The van der Waals surface area contributed by atoms with Gasteiger partial charge >= 0.3 is 0 Å². The summed E-state index contributed by atoms with van der Waals surface area (Å²) in [6, 6.07) is 1.96. The Kier molecular flexibility index (Phi) is 5.82. The number of pyridine rings is 1. The summed E-state index contributed by atoms with van der Waals surface area (Å²) >= 11 is 0. The fourth-order valence-electron chi connectivity index (χ4n) is 1.50. The Hall–Kier alpha value is -1.13. The zero-order valence-corrected chi connectivity index (χ0v) is 9.98. The van der Waals surface area contributed by atoms with Crippen LogP contribution in [0.1, 0.15) is 31.4 Å². The molecule has 0 fully saturated rings. The van der Waals surface area contributed by atoms with E-state index in [1.54, 1.807) is 19.5 Å². The van der Waals surface area contributed by atoms with Crippen LogP contribution in [0.5, 0.6) is 5.75 Å². The van der Waals surface area contributed by atoms with Crippen molar-refractivity contribution in [2.45, 2.75) is 25.8 Å². The molecular weight excluding hydrogens is 204 g/mol. The maximum absolute atomic E-state index is 6.05. The summed E-state index contributed by atoms with van der Waals surface area (Å²) < 4.78 is 10.4. The summed E-state index contributed by atoms with van der Waals surface area (Å²) in [6.07, 6.45) is 5.34. The van der Waals surface area contributed by atoms with Gasteiger partial charge in [0.1, 0.15) is 5.75 Å². The molecule has 0 bridgehead atoms. The maximum Gasteiger partial charge on any atom is 0.137 e. The first-order chi connectivity index (χ1) is 7.77. The lowest BCUT2D eigenvalue weighted by Gasteiger charge is -2.12. The van der Waals surface area contributed by atoms with Gasteiger partial charge < -0.3 is 15.2 Å². The molecule has 0 amide bonds. The fourth-order valence-corrected chi connectivity index (χ4v) is 1.50. The lowest BCUT2D eigenvalue weighted by molar-refractivity contribution is 0.190. The van der Waals surface area contributed by atoms with E-state index in [0.717, 1.165) is 30.8 Å². The predicted molar refractivity (Wildman–Crippen MR) is 63.4 cm³/mol. The van der Waals surface area contributed by atoms with Crippen LogP contribution in [0.2, 0.25) is 0 Å². The van der Waals surface area contributed by atoms with Crippen LogP contribution in [-0.4, -0.2) is 25.3 Å². The quantitative estimate of drug-likeness (QED) is 0.719. The van der Waals surface area contributed by atoms with E-state index in [-0.39, 0.29) is 6.04 Å². The van der Waals surface area contributed by atoms with Crippen LogP contribution in [0.15, 0.2) is 18.5 Å². The molecule has 90 valence electrons. The van der Waals surface area contributed by atoms with Gasteiger partial charge in [-0.3, -0.25) is 4.98 Å². The van der Waals surface area contributed by atoms with Crippen LogP contribution in [0.25, 0.3) is 0 Å². The Morgan fingerprint density at radius 1 is 1.44 bits per heavy atom. The summed E-state index contributed by atoms with van der Waals surface area (Å²) in [5, 5.41) is 0. The minimum absolute atomic E-state index is 0.00283. The summed E-state index contributed by atoms with van der Waals surface area (Å²) in [5.74, 6) is 0.780. The van der Waals surface area contributed by atoms with Gasteiger partial charge in [0.15, 0.2) is 0 Å². The van der Waals surface area contributed by atoms with Crippen LogP contribution >= 0.6 is 0 Å². The summed E-state index contributed by atoms with van der Waals surface area (Å²) in [5.41, 5.74) is 7.07. The third-order valence-corrected chi connectivity index (χ3v) is 2.34. The summed E-state index contributed by atoms with van der Waals surface area (Å²) in [7, 11) is 1.70. The zero-order valence-electron chi connectivity index (χ0n) is 9.98. The van der Waals surface area contributed by atoms with Gasteiger partial charge in [0, 0.05) is 26.0 Å². The van der Waals surface area contributed by atoms with E-state index in [4.69, 9.17) is 15.2 Å². The molecule has 16 heavy (non-hydrogen) atoms. The van der Waals surface area contributed by atoms with Crippen LogP contribution < -0.4 is 10.5 Å². The monoisotopic (exact) mass is 224 g/mol. The molecule has 0 radical (unpaired) electrons. The van der Waals surface area contributed by atoms with Crippen molar-refractivity contribution in [3.05, 3.63) is 24.0 Å². The van der Waals surface area contributed by atoms with Crippen molar-refractivity contribution in [3.8, 4) is 5.75 Å². The molecule has 2 N–H and O–H groups in total. The lowest BCUT2D eigenvalue weighted by atomic mass is 10.1. The van der Waals surface area contributed by atoms with Crippen molar-refractivity contribution in [1.82, 2.24) is 4.98 Å². The molecule has 1 aromatic heterocycles. The molecule has 0 aliphatic rings. The Morgan fingerprint density at radius 3 is 2.94 bits per heavy atom. The highest BCUT2D eigenvalue weighted by Crippen LogP contribution is 2.19. The van der Waals surface area contributed by atoms with Gasteiger partial charge in [-0.05, 0) is 31.4 Å². The van der Waals surface area contributed by atoms with Crippen LogP contribution in [0, 0.1) is 0 Å². The second kappa shape index (κ2) is 7.19. The molecular formula is C12H20N2O2. The Balaban J connectivity index is 2.53. The number of rotatable bonds is 7. The highest BCUT2D eigenvalue weighted by Gasteiger charge is 2.07. The van der Waals surface area contributed by atoms with Gasteiger partial charge in [0.25, 0.3) is 0 Å². The topological polar surface area (TPSA) is 57.4 Å². The molecule has 0 saturated heterocycles. The molecule has 0 saturated carbocycles. The predicted octanol–water partition coefficient (Wildman–Crippen LogP) is 1.91. The largest absolute Gasteiger partial charge is 0.492 e. The van der Waals surface area contributed by atoms with Gasteiger partial charge in [-0.25, -0.2) is 0 Å². The molecule has 0 aliphatic carbocycles. The van der Waals surface area contributed by atoms with Crippen molar-refractivity contribution in [2.75, 3.05) is 20.3 Å². The van der Waals surface area contributed by atoms with Crippen LogP contribution in [-0.2, 0) is 4.74 Å². The van der Waals surface area contributed by atoms with E-state index in [9.17, 15) is 0 Å². The molecule has 1 heterocycles. The number of hydrogen-bond acceptors (Lipinski definition) is 4. The average molecular weight is 224 g/mol. The molecule has 1 aromatic rings. The van der Waals surface area contributed by atoms with Crippen molar-refractivity contribution < 1.29 is 9.47 Å². The van der Waals surface area contributed by atoms with E-state index >= 15 is 0 Å². The number of hydrogen-bond donors (Lipinski definition) is 1. The van der Waals surface area contributed by atoms with Crippen LogP contribution in [0.3, 0.4) is 0 Å². The highest BCUT2D eigenvalue weighted by atomic mass is 16.5. The van der Waals surface area contributed by atoms with E-state index in [2.05, 4.69) is 4.98 Å². The number of nitrogens with two attached hydrogens (primary N) is 1. The maximum atomic E-state index is 6.05. The summed E-state index contributed by atoms with van der Waals surface area (Å²) in [6.45, 7) is 3.33. The number of ether oxygens (including phenoxy) is 2. The van der Waals surface area contributed by atoms with Gasteiger partial charge in [0.05, 0.1) is 12.8 Å². The molecule has 1 rings (SSSR count). The first-order valence-corrected chi connectivity index (χ1v) is 5.60. The van der Waals surface area contributed by atoms with Crippen molar-refractivity contribution in [3.63, 3.8) is 0 Å². The minimum atomic E-state index is 0.00283. The Labute approximate surface area is 96.8 Å². The second-order valence-corrected chi connectivity index (χ2v) is 3.63. The normalized spacial score (nSPS) is 12.4. The molecule has 1 unspecified atom stereocenters. The first kappa shape index (κ1) is 12.9. The van der Waals surface area contributed by atoms with Gasteiger partial charge in [-0.15, -0.1) is 0 Å². The third-order valence-electron chi connectivity index (χ3n) is 2.34. The van der Waals surface area contributed by atoms with E-state index in [1.807, 2.05) is 13.0 Å². The standard InChI is InChI=1S/C12H20N2O2/c1-3-16-11-7-10(8-14-9-11)12(13)5-4-6-15-2/h7-9,12H,3-6,13H2,1-2H3. The van der Waals surface area contributed by atoms with Crippen molar-refractivity contribution >= 4 is 0 Å². The lowest BCUT2D eigenvalue weighted by Crippen LogP contribution is -2.11. The fraction of sp³-hybridized carbons (Fsp3) is 0.583. The number of methoxy groups -OCH3 is 1. The third kappa shape index (κ3) is 4.16. The van der Waals surface area contributed by atoms with Crippen molar-refractivity contribution in [2.24, 2.45) is 5.73 Å². The molecule has 0 aromatic carbocycles. The SMILES string of the molecule is CCOc1cncc(C(N)CCCOC)c1. The Bertz CT molecular complexity index is 305. The summed E-state index contributed by atoms with van der Waals surface area (Å²) in [4.78, 5) is 4.12. The average Bonchev–Trinajstić information content (AvgIpc) is 2.30. The first-order valence-electron chi connectivity index (χ1n) is 5.60. The zero-order chi connectivity index (χ0) is 11.8. The molecule has 0 spiro atoms. The minimum Gasteiger partial charge on any atom is -0.492 e. The molecule has 1 atom stereocenters. The number of aromatic nitrogens is 1. The molecule has 0 aliphatic heterocycles. The van der Waals surface area contributed by atoms with E-state index < -0.39 is 0 Å². The Morgan fingerprint density at radius 2 is 2.25 bits per heavy atom. The second-order valence-electron chi connectivity index (χ2n) is 3.63. The molecule has 4 heteroatoms. The van der Waals surface area contributed by atoms with Crippen LogP contribution in [0.4, 0.5) is 0 Å². The highest BCUT2D eigenvalue weighted by molar-refractivity contribution is 5.25. The van der Waals surface area contributed by atoms with Crippen molar-refractivity contribution in [1.29, 1.82) is 0 Å². The number of nitrogens with zero attached hydrogens (tertiary/aromatic N) is 1. The van der Waals surface area contributed by atoms with Gasteiger partial charge in [-0.2, -0.15) is 0 Å². The van der Waals surface area contributed by atoms with Gasteiger partial charge in [-0.1, -0.05) is 0 Å².